The third-order valence-electron chi connectivity index (χ3n) is 0. The summed E-state index contributed by atoms with van der Waals surface area (Å²) in [5.74, 6) is 0. The fraction of sp³-hybridized carbons (Fsp3) is 0. The second kappa shape index (κ2) is 441. The van der Waals surface area contributed by atoms with E-state index >= 15 is 0 Å². The average molecular weight is 643 g/mol. The van der Waals surface area contributed by atoms with Crippen molar-refractivity contribution >= 4 is 0 Å². The molecule has 0 fully saturated rings. The fourth-order valence-electron chi connectivity index (χ4n) is 0. The van der Waals surface area contributed by atoms with Crippen LogP contribution in [0.5, 0.6) is 0 Å². The van der Waals surface area contributed by atoms with Gasteiger partial charge in [0.25, 0.3) is 0 Å². The van der Waals surface area contributed by atoms with Gasteiger partial charge in [-0.2, -0.15) is 0 Å². The van der Waals surface area contributed by atoms with Gasteiger partial charge in [0.15, 0.2) is 0 Å². The quantitative estimate of drug-likeness (QED) is 0.223. The van der Waals surface area contributed by atoms with Crippen LogP contribution in [-0.2, 0) is 124 Å². The zero-order valence-corrected chi connectivity index (χ0v) is 15.0. The zero-order valence-electron chi connectivity index (χ0n) is 7.12. The zero-order chi connectivity index (χ0) is 0. The molecule has 0 saturated carbocycles. The van der Waals surface area contributed by atoms with Gasteiger partial charge in [-0.1, -0.05) is 0 Å². The summed E-state index contributed by atoms with van der Waals surface area (Å²) in [5, 5.41) is 0. The average Bonchev–Trinajstić information content (AvgIpc) is 0. The molecule has 15 heavy (non-hydrogen) atoms. The molecule has 0 aliphatic rings. The molecule has 9 nitrogen and oxygen atoms in total. The Labute approximate surface area is 160 Å². The predicted octanol–water partition coefficient (Wildman–Crippen LogP) is -7.07. The summed E-state index contributed by atoms with van der Waals surface area (Å²) >= 11 is 0. The van der Waals surface area contributed by atoms with Crippen molar-refractivity contribution in [3.8, 4) is 0 Å². The first-order chi connectivity index (χ1) is 0. The van der Waals surface area contributed by atoms with E-state index in [1.54, 1.807) is 0 Å². The predicted molar refractivity (Wildman–Crippen MR) is 6.18 cm³/mol. The summed E-state index contributed by atoms with van der Waals surface area (Å²) in [7, 11) is 0. The van der Waals surface area contributed by atoms with E-state index in [2.05, 4.69) is 0 Å². The SMILES string of the molecule is [Li+].[Li+].[Ni+2].[Ni+2].[O-2].[O-2].[O-2].[O-2].[O-2].[O-2].[O-2].[O-2].[O-2].[W+6].[W+6]. The molecular weight excluding hydrogens is 643 g/mol. The molecule has 15 heteroatoms. The smallest absolute Gasteiger partial charge is 2.00 e. The van der Waals surface area contributed by atoms with Crippen LogP contribution in [0, 0.1) is 0 Å². The third-order valence-corrected chi connectivity index (χ3v) is 0. The minimum atomic E-state index is 0. The normalized spacial score (nSPS) is 0. The van der Waals surface area contributed by atoms with Crippen LogP contribution in [0.4, 0.5) is 0 Å². The van der Waals surface area contributed by atoms with Gasteiger partial charge in [-0.15, -0.1) is 0 Å². The molecule has 0 bridgehead atoms. The van der Waals surface area contributed by atoms with Crippen LogP contribution in [0.15, 0.2) is 0 Å². The first-order valence-corrected chi connectivity index (χ1v) is 0. The van der Waals surface area contributed by atoms with Crippen LogP contribution in [0.1, 0.15) is 0 Å². The molecule has 0 aliphatic carbocycles. The Balaban J connectivity index is 0. The first kappa shape index (κ1) is 526. The molecule has 0 atom stereocenters. The molecule has 0 rings (SSSR count). The molecule has 0 amide bonds. The Morgan fingerprint density at radius 2 is 0.267 bits per heavy atom. The van der Waals surface area contributed by atoms with Gasteiger partial charge in [0, 0.05) is 0 Å². The third kappa shape index (κ3) is 388. The monoisotopic (exact) mass is 642 g/mol. The fourth-order valence-corrected chi connectivity index (χ4v) is 0. The molecule has 0 aromatic rings. The van der Waals surface area contributed by atoms with Crippen molar-refractivity contribution in [3.63, 3.8) is 0 Å². The Morgan fingerprint density at radius 3 is 0.267 bits per heavy atom. The van der Waals surface area contributed by atoms with Crippen LogP contribution < -0.4 is 37.7 Å². The van der Waals surface area contributed by atoms with Crippen molar-refractivity contribution in [1.82, 2.24) is 0 Å². The molecule has 88 valence electrons. The second-order valence-electron chi connectivity index (χ2n) is 0. The molecular formula is Li2Ni2O9W2. The Morgan fingerprint density at radius 1 is 0.267 bits per heavy atom. The molecule has 0 N–H and O–H groups in total. The van der Waals surface area contributed by atoms with Gasteiger partial charge in [-0.25, -0.2) is 0 Å². The van der Waals surface area contributed by atoms with E-state index in [0.29, 0.717) is 0 Å². The summed E-state index contributed by atoms with van der Waals surface area (Å²) in [6.45, 7) is 0. The summed E-state index contributed by atoms with van der Waals surface area (Å²) < 4.78 is 0. The van der Waals surface area contributed by atoms with Gasteiger partial charge < -0.3 is 49.3 Å². The van der Waals surface area contributed by atoms with E-state index in [1.807, 2.05) is 0 Å². The molecule has 0 aliphatic heterocycles. The number of hydrogen-bond donors (Lipinski definition) is 0. The van der Waals surface area contributed by atoms with E-state index < -0.39 is 0 Å². The van der Waals surface area contributed by atoms with Crippen LogP contribution in [0.25, 0.3) is 0 Å². The minimum Gasteiger partial charge on any atom is -2.00 e. The van der Waals surface area contributed by atoms with Crippen molar-refractivity contribution < 1.29 is 162 Å². The van der Waals surface area contributed by atoms with Crippen molar-refractivity contribution in [2.75, 3.05) is 0 Å². The van der Waals surface area contributed by atoms with Crippen molar-refractivity contribution in [2.45, 2.75) is 0 Å². The van der Waals surface area contributed by atoms with Crippen LogP contribution in [0.3, 0.4) is 0 Å². The molecule has 0 spiro atoms. The van der Waals surface area contributed by atoms with Crippen molar-refractivity contribution in [2.24, 2.45) is 0 Å². The molecule has 0 unspecified atom stereocenters. The van der Waals surface area contributed by atoms with Crippen LogP contribution >= 0.6 is 0 Å². The first-order valence-electron chi connectivity index (χ1n) is 0. The Hall–Kier alpha value is 3.20. The molecule has 0 heterocycles. The molecule has 0 aromatic heterocycles. The number of hydrogen-bond acceptors (Lipinski definition) is 0. The molecule has 0 saturated heterocycles. The van der Waals surface area contributed by atoms with Gasteiger partial charge in [-0.3, -0.25) is 0 Å². The second-order valence-corrected chi connectivity index (χ2v) is 0. The topological polar surface area (TPSA) is 256 Å². The Bertz CT molecular complexity index is 24.1. The van der Waals surface area contributed by atoms with E-state index in [4.69, 9.17) is 0 Å². The molecule has 0 radical (unpaired) electrons. The van der Waals surface area contributed by atoms with Crippen molar-refractivity contribution in [1.29, 1.82) is 0 Å². The Kier molecular flexibility index (Phi) is 15500. The summed E-state index contributed by atoms with van der Waals surface area (Å²) in [6, 6.07) is 0. The minimum absolute atomic E-state index is 0. The maximum absolute atomic E-state index is 0. The van der Waals surface area contributed by atoms with E-state index in [-0.39, 0.29) is 162 Å². The van der Waals surface area contributed by atoms with E-state index in [9.17, 15) is 0 Å². The van der Waals surface area contributed by atoms with E-state index in [0.717, 1.165) is 0 Å². The van der Waals surface area contributed by atoms with Gasteiger partial charge in [0.1, 0.15) is 0 Å². The summed E-state index contributed by atoms with van der Waals surface area (Å²) in [6.07, 6.45) is 0. The maximum Gasteiger partial charge on any atom is 6.00 e. The molecule has 0 aromatic carbocycles. The van der Waals surface area contributed by atoms with Gasteiger partial charge in [-0.05, 0) is 0 Å². The van der Waals surface area contributed by atoms with Gasteiger partial charge >= 0.3 is 113 Å². The standard InChI is InChI=1S/2Li.2Ni.9O.2W/q2*+1;2*+2;9*-2;2*+6. The van der Waals surface area contributed by atoms with Gasteiger partial charge in [0.05, 0.1) is 0 Å². The number of rotatable bonds is 0. The van der Waals surface area contributed by atoms with E-state index in [1.165, 1.54) is 0 Å². The summed E-state index contributed by atoms with van der Waals surface area (Å²) in [4.78, 5) is 0. The maximum atomic E-state index is 0. The summed E-state index contributed by atoms with van der Waals surface area (Å²) in [5.41, 5.74) is 0. The van der Waals surface area contributed by atoms with Crippen LogP contribution in [-0.4, -0.2) is 0 Å². The van der Waals surface area contributed by atoms with Crippen LogP contribution in [0.2, 0.25) is 0 Å². The van der Waals surface area contributed by atoms with Crippen molar-refractivity contribution in [3.05, 3.63) is 0 Å². The largest absolute Gasteiger partial charge is 6.00 e. The van der Waals surface area contributed by atoms with Gasteiger partial charge in [0.2, 0.25) is 0 Å².